The quantitative estimate of drug-likeness (QED) is 0.553. The number of nitrogens with one attached hydrogen (secondary N) is 3. The van der Waals surface area contributed by atoms with Crippen molar-refractivity contribution >= 4 is 23.6 Å². The highest BCUT2D eigenvalue weighted by Crippen LogP contribution is 2.13. The van der Waals surface area contributed by atoms with Gasteiger partial charge in [-0.1, -0.05) is 24.3 Å². The second-order valence-corrected chi connectivity index (χ2v) is 8.23. The minimum absolute atomic E-state index is 0.0357. The van der Waals surface area contributed by atoms with E-state index in [9.17, 15) is 14.4 Å². The summed E-state index contributed by atoms with van der Waals surface area (Å²) in [7, 11) is 1.62. The predicted octanol–water partition coefficient (Wildman–Crippen LogP) is 3.41. The Balaban J connectivity index is 1.69. The molecule has 0 fully saturated rings. The smallest absolute Gasteiger partial charge is 0.408 e. The highest BCUT2D eigenvalue weighted by Gasteiger charge is 2.16. The van der Waals surface area contributed by atoms with Crippen molar-refractivity contribution in [2.75, 3.05) is 19.0 Å². The zero-order chi connectivity index (χ0) is 23.6. The zero-order valence-corrected chi connectivity index (χ0v) is 19.0. The summed E-state index contributed by atoms with van der Waals surface area (Å²) in [5, 5.41) is 7.99. The second-order valence-electron chi connectivity index (χ2n) is 8.23. The minimum atomic E-state index is -0.647. The van der Waals surface area contributed by atoms with Crippen LogP contribution in [0.15, 0.2) is 48.5 Å². The number of hydrogen-bond acceptors (Lipinski definition) is 5. The van der Waals surface area contributed by atoms with Gasteiger partial charge in [-0.15, -0.1) is 0 Å². The molecule has 0 unspecified atom stereocenters. The Morgan fingerprint density at radius 1 is 0.844 bits per heavy atom. The summed E-state index contributed by atoms with van der Waals surface area (Å²) in [5.74, 6) is 0.388. The molecule has 2 aromatic rings. The fourth-order valence-corrected chi connectivity index (χ4v) is 2.72. The van der Waals surface area contributed by atoms with Gasteiger partial charge in [0.15, 0.2) is 0 Å². The number of hydrogen-bond donors (Lipinski definition) is 3. The number of carbonyl (C=O) groups excluding carboxylic acids is 3. The van der Waals surface area contributed by atoms with E-state index in [0.717, 1.165) is 16.9 Å². The average Bonchev–Trinajstić information content (AvgIpc) is 2.75. The highest BCUT2D eigenvalue weighted by atomic mass is 16.6. The number of anilines is 1. The van der Waals surface area contributed by atoms with Crippen LogP contribution in [0.2, 0.25) is 0 Å². The van der Waals surface area contributed by atoms with E-state index >= 15 is 0 Å². The maximum Gasteiger partial charge on any atom is 0.408 e. The summed E-state index contributed by atoms with van der Waals surface area (Å²) in [6, 6.07) is 14.8. The molecule has 0 bridgehead atoms. The summed E-state index contributed by atoms with van der Waals surface area (Å²) >= 11 is 0. The SMILES string of the molecule is COc1ccc(CCC(=O)NCc2ccc(NC(=O)CNC(=O)OC(C)(C)C)cc2)cc1. The average molecular weight is 442 g/mol. The van der Waals surface area contributed by atoms with Crippen LogP contribution in [0, 0.1) is 0 Å². The lowest BCUT2D eigenvalue weighted by Crippen LogP contribution is -2.37. The van der Waals surface area contributed by atoms with Gasteiger partial charge in [-0.2, -0.15) is 0 Å². The maximum absolute atomic E-state index is 12.1. The van der Waals surface area contributed by atoms with Gasteiger partial charge in [0.25, 0.3) is 0 Å². The van der Waals surface area contributed by atoms with Gasteiger partial charge < -0.3 is 25.4 Å². The largest absolute Gasteiger partial charge is 0.497 e. The summed E-state index contributed by atoms with van der Waals surface area (Å²) in [6.07, 6.45) is 0.397. The van der Waals surface area contributed by atoms with Crippen LogP contribution in [-0.4, -0.2) is 37.2 Å². The number of carbonyl (C=O) groups is 3. The highest BCUT2D eigenvalue weighted by molar-refractivity contribution is 5.93. The van der Waals surface area contributed by atoms with Crippen LogP contribution in [0.1, 0.15) is 38.3 Å². The summed E-state index contributed by atoms with van der Waals surface area (Å²) in [5.41, 5.74) is 1.95. The van der Waals surface area contributed by atoms with E-state index in [1.165, 1.54) is 0 Å². The molecular weight excluding hydrogens is 410 g/mol. The number of methoxy groups -OCH3 is 1. The molecule has 0 aromatic heterocycles. The molecular formula is C24H31N3O5. The number of benzene rings is 2. The summed E-state index contributed by atoms with van der Waals surface area (Å²) in [6.45, 7) is 5.45. The molecule has 0 saturated heterocycles. The molecule has 0 aliphatic carbocycles. The van der Waals surface area contributed by atoms with E-state index in [0.29, 0.717) is 25.1 Å². The van der Waals surface area contributed by atoms with Gasteiger partial charge in [-0.25, -0.2) is 4.79 Å². The monoisotopic (exact) mass is 441 g/mol. The van der Waals surface area contributed by atoms with E-state index in [4.69, 9.17) is 9.47 Å². The van der Waals surface area contributed by atoms with Crippen LogP contribution in [0.3, 0.4) is 0 Å². The first-order chi connectivity index (χ1) is 15.1. The van der Waals surface area contributed by atoms with Gasteiger partial charge >= 0.3 is 6.09 Å². The van der Waals surface area contributed by atoms with Crippen molar-refractivity contribution in [3.8, 4) is 5.75 Å². The molecule has 32 heavy (non-hydrogen) atoms. The molecule has 3 amide bonds. The Kier molecular flexibility index (Phi) is 9.07. The lowest BCUT2D eigenvalue weighted by atomic mass is 10.1. The minimum Gasteiger partial charge on any atom is -0.497 e. The van der Waals surface area contributed by atoms with Crippen molar-refractivity contribution < 1.29 is 23.9 Å². The standard InChI is InChI=1S/C24H31N3O5/c1-24(2,3)32-23(30)26-16-22(29)27-19-10-5-18(6-11-19)15-25-21(28)14-9-17-7-12-20(31-4)13-8-17/h5-8,10-13H,9,14-16H2,1-4H3,(H,25,28)(H,26,30)(H,27,29). The first-order valence-corrected chi connectivity index (χ1v) is 10.4. The van der Waals surface area contributed by atoms with Crippen LogP contribution < -0.4 is 20.7 Å². The molecule has 0 saturated carbocycles. The molecule has 0 aliphatic rings. The Morgan fingerprint density at radius 2 is 1.47 bits per heavy atom. The first-order valence-electron chi connectivity index (χ1n) is 10.4. The van der Waals surface area contributed by atoms with E-state index < -0.39 is 11.7 Å². The molecule has 8 nitrogen and oxygen atoms in total. The van der Waals surface area contributed by atoms with Gasteiger partial charge in [-0.05, 0) is 62.6 Å². The molecule has 0 spiro atoms. The summed E-state index contributed by atoms with van der Waals surface area (Å²) < 4.78 is 10.2. The molecule has 0 atom stereocenters. The Bertz CT molecular complexity index is 903. The van der Waals surface area contributed by atoms with E-state index in [2.05, 4.69) is 16.0 Å². The molecule has 0 aliphatic heterocycles. The summed E-state index contributed by atoms with van der Waals surface area (Å²) in [4.78, 5) is 35.7. The topological polar surface area (TPSA) is 106 Å². The van der Waals surface area contributed by atoms with Crippen molar-refractivity contribution in [2.45, 2.75) is 45.8 Å². The van der Waals surface area contributed by atoms with Gasteiger partial charge in [0.2, 0.25) is 11.8 Å². The maximum atomic E-state index is 12.1. The van der Waals surface area contributed by atoms with Crippen molar-refractivity contribution in [2.24, 2.45) is 0 Å². The number of amides is 3. The predicted molar refractivity (Wildman–Crippen MR) is 122 cm³/mol. The van der Waals surface area contributed by atoms with E-state index in [1.807, 2.05) is 36.4 Å². The molecule has 8 heteroatoms. The molecule has 2 rings (SSSR count). The number of alkyl carbamates (subject to hydrolysis) is 1. The van der Waals surface area contributed by atoms with Gasteiger partial charge in [0.1, 0.15) is 17.9 Å². The van der Waals surface area contributed by atoms with Crippen LogP contribution in [0.4, 0.5) is 10.5 Å². The van der Waals surface area contributed by atoms with Gasteiger partial charge in [-0.3, -0.25) is 9.59 Å². The molecule has 0 heterocycles. The Morgan fingerprint density at radius 3 is 2.06 bits per heavy atom. The van der Waals surface area contributed by atoms with E-state index in [-0.39, 0.29) is 18.4 Å². The number of rotatable bonds is 9. The van der Waals surface area contributed by atoms with Crippen molar-refractivity contribution in [1.29, 1.82) is 0 Å². The third-order valence-corrected chi connectivity index (χ3v) is 4.32. The van der Waals surface area contributed by atoms with Crippen molar-refractivity contribution in [3.05, 3.63) is 59.7 Å². The van der Waals surface area contributed by atoms with E-state index in [1.54, 1.807) is 40.0 Å². The number of ether oxygens (including phenoxy) is 2. The normalized spacial score (nSPS) is 10.8. The van der Waals surface area contributed by atoms with Crippen LogP contribution in [0.25, 0.3) is 0 Å². The Labute approximate surface area is 188 Å². The molecule has 172 valence electrons. The lowest BCUT2D eigenvalue weighted by molar-refractivity contribution is -0.121. The van der Waals surface area contributed by atoms with Gasteiger partial charge in [0.05, 0.1) is 7.11 Å². The lowest BCUT2D eigenvalue weighted by Gasteiger charge is -2.19. The fourth-order valence-electron chi connectivity index (χ4n) is 2.72. The van der Waals surface area contributed by atoms with Gasteiger partial charge in [0, 0.05) is 18.7 Å². The van der Waals surface area contributed by atoms with Crippen molar-refractivity contribution in [3.63, 3.8) is 0 Å². The molecule has 2 aromatic carbocycles. The third-order valence-electron chi connectivity index (χ3n) is 4.32. The third kappa shape index (κ3) is 9.51. The van der Waals surface area contributed by atoms with Crippen LogP contribution in [-0.2, 0) is 27.3 Å². The molecule has 0 radical (unpaired) electrons. The van der Waals surface area contributed by atoms with Crippen molar-refractivity contribution in [1.82, 2.24) is 10.6 Å². The Hall–Kier alpha value is -3.55. The zero-order valence-electron chi connectivity index (χ0n) is 19.0. The number of aryl methyl sites for hydroxylation is 1. The van der Waals surface area contributed by atoms with Crippen LogP contribution in [0.5, 0.6) is 5.75 Å². The first kappa shape index (κ1) is 24.7. The molecule has 3 N–H and O–H groups in total. The second kappa shape index (κ2) is 11.7. The fraction of sp³-hybridized carbons (Fsp3) is 0.375. The van der Waals surface area contributed by atoms with Crippen LogP contribution >= 0.6 is 0 Å².